The molecule has 1 N–H and O–H groups in total. The second-order valence-corrected chi connectivity index (χ2v) is 7.48. The molecule has 0 bridgehead atoms. The highest BCUT2D eigenvalue weighted by Crippen LogP contribution is 2.17. The Morgan fingerprint density at radius 2 is 1.84 bits per heavy atom. The van der Waals surface area contributed by atoms with Crippen molar-refractivity contribution in [3.05, 3.63) is 80.5 Å². The van der Waals surface area contributed by atoms with Gasteiger partial charge in [0.2, 0.25) is 5.91 Å². The van der Waals surface area contributed by atoms with Gasteiger partial charge in [0.05, 0.1) is 24.3 Å². The summed E-state index contributed by atoms with van der Waals surface area (Å²) >= 11 is 0. The van der Waals surface area contributed by atoms with Gasteiger partial charge in [0.1, 0.15) is 12.4 Å². The van der Waals surface area contributed by atoms with Crippen LogP contribution in [-0.4, -0.2) is 31.8 Å². The molecule has 3 aromatic rings. The molecule has 4 rings (SSSR count). The van der Waals surface area contributed by atoms with E-state index in [9.17, 15) is 18.8 Å². The summed E-state index contributed by atoms with van der Waals surface area (Å²) in [5.41, 5.74) is 2.42. The maximum absolute atomic E-state index is 13.0. The van der Waals surface area contributed by atoms with Crippen molar-refractivity contribution >= 4 is 5.91 Å². The molecular formula is C22H22FN5O3. The summed E-state index contributed by atoms with van der Waals surface area (Å²) in [6, 6.07) is 8.58. The minimum Gasteiger partial charge on any atom is -0.353 e. The van der Waals surface area contributed by atoms with Gasteiger partial charge in [-0.05, 0) is 55.5 Å². The standard InChI is InChI=1S/C22H22FN5O3/c23-17-7-5-15(6-8-17)19-12-21(30)27(14-25-19)13-20(29)24-9-10-28-22(31)11-16-3-1-2-4-18(16)26-28/h5-8,11-12,14H,1-4,9-10,13H2,(H,24,29). The Labute approximate surface area is 177 Å². The lowest BCUT2D eigenvalue weighted by Crippen LogP contribution is -2.36. The summed E-state index contributed by atoms with van der Waals surface area (Å²) < 4.78 is 15.6. The Morgan fingerprint density at radius 1 is 1.06 bits per heavy atom. The van der Waals surface area contributed by atoms with Gasteiger partial charge >= 0.3 is 0 Å². The van der Waals surface area contributed by atoms with E-state index in [2.05, 4.69) is 15.4 Å². The van der Waals surface area contributed by atoms with Crippen LogP contribution in [0, 0.1) is 5.82 Å². The molecule has 0 fully saturated rings. The van der Waals surface area contributed by atoms with Crippen LogP contribution in [-0.2, 0) is 30.7 Å². The summed E-state index contributed by atoms with van der Waals surface area (Å²) in [5, 5.41) is 7.11. The molecule has 160 valence electrons. The molecule has 0 aliphatic heterocycles. The van der Waals surface area contributed by atoms with Gasteiger partial charge in [0.25, 0.3) is 11.1 Å². The van der Waals surface area contributed by atoms with E-state index >= 15 is 0 Å². The Hall–Kier alpha value is -3.62. The van der Waals surface area contributed by atoms with Crippen molar-refractivity contribution < 1.29 is 9.18 Å². The van der Waals surface area contributed by atoms with Gasteiger partial charge in [-0.3, -0.25) is 19.0 Å². The molecule has 1 aromatic carbocycles. The van der Waals surface area contributed by atoms with E-state index in [0.29, 0.717) is 11.3 Å². The molecular weight excluding hydrogens is 401 g/mol. The van der Waals surface area contributed by atoms with Crippen molar-refractivity contribution in [2.24, 2.45) is 0 Å². The number of carbonyl (C=O) groups is 1. The van der Waals surface area contributed by atoms with Gasteiger partial charge in [0, 0.05) is 24.2 Å². The van der Waals surface area contributed by atoms with E-state index in [4.69, 9.17) is 0 Å². The van der Waals surface area contributed by atoms with Crippen LogP contribution in [0.5, 0.6) is 0 Å². The lowest BCUT2D eigenvalue weighted by atomic mass is 9.97. The maximum Gasteiger partial charge on any atom is 0.267 e. The Balaban J connectivity index is 1.34. The van der Waals surface area contributed by atoms with Crippen molar-refractivity contribution in [2.75, 3.05) is 6.54 Å². The largest absolute Gasteiger partial charge is 0.353 e. The maximum atomic E-state index is 13.0. The molecule has 8 nitrogen and oxygen atoms in total. The first kappa shape index (κ1) is 20.6. The second-order valence-electron chi connectivity index (χ2n) is 7.48. The van der Waals surface area contributed by atoms with Gasteiger partial charge in [-0.2, -0.15) is 5.10 Å². The van der Waals surface area contributed by atoms with Gasteiger partial charge in [-0.15, -0.1) is 0 Å². The van der Waals surface area contributed by atoms with Crippen LogP contribution in [0.25, 0.3) is 11.3 Å². The SMILES string of the molecule is O=C(Cn1cnc(-c2ccc(F)cc2)cc1=O)NCCn1nc2c(cc1=O)CCCC2. The molecule has 1 amide bonds. The Kier molecular flexibility index (Phi) is 6.01. The minimum absolute atomic E-state index is 0.174. The number of nitrogens with zero attached hydrogens (tertiary/aromatic N) is 4. The summed E-state index contributed by atoms with van der Waals surface area (Å²) in [7, 11) is 0. The zero-order chi connectivity index (χ0) is 21.8. The molecule has 0 unspecified atom stereocenters. The van der Waals surface area contributed by atoms with Crippen LogP contribution in [0.4, 0.5) is 4.39 Å². The summed E-state index contributed by atoms with van der Waals surface area (Å²) in [4.78, 5) is 40.9. The number of amides is 1. The van der Waals surface area contributed by atoms with E-state index < -0.39 is 5.56 Å². The lowest BCUT2D eigenvalue weighted by molar-refractivity contribution is -0.121. The van der Waals surface area contributed by atoms with Gasteiger partial charge in [0.15, 0.2) is 0 Å². The van der Waals surface area contributed by atoms with Crippen LogP contribution in [0.1, 0.15) is 24.1 Å². The van der Waals surface area contributed by atoms with E-state index in [-0.39, 0.29) is 36.9 Å². The highest BCUT2D eigenvalue weighted by atomic mass is 19.1. The molecule has 0 saturated heterocycles. The number of aryl methyl sites for hydroxylation is 2. The first-order valence-corrected chi connectivity index (χ1v) is 10.2. The molecule has 2 heterocycles. The van der Waals surface area contributed by atoms with Crippen LogP contribution in [0.2, 0.25) is 0 Å². The van der Waals surface area contributed by atoms with E-state index in [1.807, 2.05) is 0 Å². The van der Waals surface area contributed by atoms with E-state index in [1.165, 1.54) is 45.9 Å². The zero-order valence-corrected chi connectivity index (χ0v) is 16.9. The van der Waals surface area contributed by atoms with Crippen molar-refractivity contribution in [1.82, 2.24) is 24.6 Å². The monoisotopic (exact) mass is 423 g/mol. The number of nitrogens with one attached hydrogen (secondary N) is 1. The zero-order valence-electron chi connectivity index (χ0n) is 16.9. The highest BCUT2D eigenvalue weighted by molar-refractivity contribution is 5.75. The normalized spacial score (nSPS) is 12.9. The van der Waals surface area contributed by atoms with Crippen LogP contribution in [0.3, 0.4) is 0 Å². The topological polar surface area (TPSA) is 98.9 Å². The lowest BCUT2D eigenvalue weighted by Gasteiger charge is -2.16. The number of fused-ring (bicyclic) bond motifs is 1. The first-order chi connectivity index (χ1) is 15.0. The number of halogens is 1. The molecule has 0 radical (unpaired) electrons. The Bertz CT molecular complexity index is 1220. The molecule has 1 aliphatic carbocycles. The minimum atomic E-state index is -0.392. The van der Waals surface area contributed by atoms with Crippen LogP contribution < -0.4 is 16.4 Å². The summed E-state index contributed by atoms with van der Waals surface area (Å²) in [6.45, 7) is 0.289. The molecule has 2 aromatic heterocycles. The molecule has 9 heteroatoms. The summed E-state index contributed by atoms with van der Waals surface area (Å²) in [5.74, 6) is -0.744. The van der Waals surface area contributed by atoms with E-state index in [0.717, 1.165) is 36.9 Å². The fourth-order valence-electron chi connectivity index (χ4n) is 3.60. The molecule has 31 heavy (non-hydrogen) atoms. The number of benzene rings is 1. The van der Waals surface area contributed by atoms with Crippen LogP contribution >= 0.6 is 0 Å². The average molecular weight is 423 g/mol. The van der Waals surface area contributed by atoms with Crippen molar-refractivity contribution in [3.63, 3.8) is 0 Å². The van der Waals surface area contributed by atoms with Crippen LogP contribution in [0.15, 0.2) is 52.3 Å². The average Bonchev–Trinajstić information content (AvgIpc) is 2.76. The van der Waals surface area contributed by atoms with Gasteiger partial charge in [-0.25, -0.2) is 14.1 Å². The molecule has 0 saturated carbocycles. The van der Waals surface area contributed by atoms with E-state index in [1.54, 1.807) is 6.07 Å². The number of aromatic nitrogens is 4. The molecule has 0 spiro atoms. The third-order valence-electron chi connectivity index (χ3n) is 5.25. The highest BCUT2D eigenvalue weighted by Gasteiger charge is 2.13. The third kappa shape index (κ3) is 4.93. The number of hydrogen-bond acceptors (Lipinski definition) is 5. The number of carbonyl (C=O) groups excluding carboxylic acids is 1. The van der Waals surface area contributed by atoms with Crippen molar-refractivity contribution in [1.29, 1.82) is 0 Å². The van der Waals surface area contributed by atoms with Crippen molar-refractivity contribution in [3.8, 4) is 11.3 Å². The fourth-order valence-corrected chi connectivity index (χ4v) is 3.60. The molecule has 1 aliphatic rings. The predicted molar refractivity (Wildman–Crippen MR) is 112 cm³/mol. The second kappa shape index (κ2) is 9.03. The predicted octanol–water partition coefficient (Wildman–Crippen LogP) is 1.30. The van der Waals surface area contributed by atoms with Gasteiger partial charge in [-0.1, -0.05) is 0 Å². The van der Waals surface area contributed by atoms with Gasteiger partial charge < -0.3 is 5.32 Å². The fraction of sp³-hybridized carbons (Fsp3) is 0.318. The smallest absolute Gasteiger partial charge is 0.267 e. The number of rotatable bonds is 6. The quantitative estimate of drug-likeness (QED) is 0.644. The first-order valence-electron chi connectivity index (χ1n) is 10.2. The van der Waals surface area contributed by atoms with Crippen molar-refractivity contribution in [2.45, 2.75) is 38.8 Å². The number of hydrogen-bond donors (Lipinski definition) is 1. The Morgan fingerprint density at radius 3 is 2.61 bits per heavy atom. The molecule has 0 atom stereocenters. The third-order valence-corrected chi connectivity index (χ3v) is 5.25. The summed E-state index contributed by atoms with van der Waals surface area (Å²) in [6.07, 6.45) is 5.19.